The Balaban J connectivity index is 0.00000225. The molecule has 4 N–H and O–H groups in total. The van der Waals surface area contributed by atoms with E-state index in [2.05, 4.69) is 10.4 Å². The van der Waals surface area contributed by atoms with Gasteiger partial charge in [0.2, 0.25) is 0 Å². The van der Waals surface area contributed by atoms with E-state index < -0.39 is 0 Å². The number of nitrogens with zero attached hydrogens (tertiary/aromatic N) is 1. The van der Waals surface area contributed by atoms with Crippen LogP contribution in [-0.4, -0.2) is 28.3 Å². The molecule has 3 rings (SSSR count). The quantitative estimate of drug-likeness (QED) is 0.776. The summed E-state index contributed by atoms with van der Waals surface area (Å²) in [5, 5.41) is 5.94. The first-order valence-corrected chi connectivity index (χ1v) is 8.48. The Morgan fingerprint density at radius 1 is 1.28 bits per heavy atom. The van der Waals surface area contributed by atoms with Crippen molar-refractivity contribution >= 4 is 18.3 Å². The fraction of sp³-hybridized carbons (Fsp3) is 0.444. The summed E-state index contributed by atoms with van der Waals surface area (Å²) in [6.45, 7) is 2.56. The van der Waals surface area contributed by atoms with E-state index >= 15 is 0 Å². The molecule has 1 amide bonds. The minimum absolute atomic E-state index is 0. The van der Waals surface area contributed by atoms with Crippen molar-refractivity contribution in [3.05, 3.63) is 51.9 Å². The number of H-pyrrole nitrogens is 1. The third-order valence-electron chi connectivity index (χ3n) is 4.79. The highest BCUT2D eigenvalue weighted by Crippen LogP contribution is 2.23. The normalized spacial score (nSPS) is 19.9. The average Bonchev–Trinajstić information content (AvgIpc) is 2.98. The van der Waals surface area contributed by atoms with Crippen LogP contribution in [0.1, 0.15) is 41.7 Å². The van der Waals surface area contributed by atoms with Crippen LogP contribution in [0.5, 0.6) is 0 Å². The maximum absolute atomic E-state index is 12.5. The molecule has 6 nitrogen and oxygen atoms in total. The summed E-state index contributed by atoms with van der Waals surface area (Å²) >= 11 is 0. The van der Waals surface area contributed by atoms with Crippen molar-refractivity contribution in [1.82, 2.24) is 15.1 Å². The van der Waals surface area contributed by atoms with E-state index in [1.807, 2.05) is 31.2 Å². The van der Waals surface area contributed by atoms with Crippen molar-refractivity contribution < 1.29 is 4.79 Å². The molecule has 2 unspecified atom stereocenters. The molecular formula is C18H25ClN4O2. The lowest BCUT2D eigenvalue weighted by molar-refractivity contribution is 0.0902. The van der Waals surface area contributed by atoms with Crippen LogP contribution < -0.4 is 16.6 Å². The SMILES string of the molecule is Cc1ccc(-n2[nH]c(C(=O)NC3CCCCC3CN)cc2=O)cc1.Cl. The van der Waals surface area contributed by atoms with Gasteiger partial charge >= 0.3 is 0 Å². The fourth-order valence-electron chi connectivity index (χ4n) is 3.32. The summed E-state index contributed by atoms with van der Waals surface area (Å²) in [4.78, 5) is 24.7. The van der Waals surface area contributed by atoms with Gasteiger partial charge in [-0.1, -0.05) is 30.5 Å². The first-order chi connectivity index (χ1) is 11.6. The Kier molecular flexibility index (Phi) is 6.45. The van der Waals surface area contributed by atoms with Gasteiger partial charge < -0.3 is 11.1 Å². The van der Waals surface area contributed by atoms with Gasteiger partial charge in [0, 0.05) is 12.1 Å². The van der Waals surface area contributed by atoms with Crippen LogP contribution in [0.4, 0.5) is 0 Å². The van der Waals surface area contributed by atoms with Crippen LogP contribution in [0.25, 0.3) is 5.69 Å². The van der Waals surface area contributed by atoms with Gasteiger partial charge in [-0.2, -0.15) is 0 Å². The topological polar surface area (TPSA) is 92.9 Å². The first-order valence-electron chi connectivity index (χ1n) is 8.48. The van der Waals surface area contributed by atoms with E-state index in [-0.39, 0.29) is 35.6 Å². The molecule has 1 heterocycles. The summed E-state index contributed by atoms with van der Waals surface area (Å²) in [6, 6.07) is 8.98. The van der Waals surface area contributed by atoms with Crippen molar-refractivity contribution in [2.75, 3.05) is 6.54 Å². The maximum Gasteiger partial charge on any atom is 0.271 e. The number of hydrogen-bond acceptors (Lipinski definition) is 3. The van der Waals surface area contributed by atoms with Crippen molar-refractivity contribution in [1.29, 1.82) is 0 Å². The van der Waals surface area contributed by atoms with Crippen molar-refractivity contribution in [3.63, 3.8) is 0 Å². The molecule has 0 radical (unpaired) electrons. The summed E-state index contributed by atoms with van der Waals surface area (Å²) in [5.74, 6) is 0.0666. The monoisotopic (exact) mass is 364 g/mol. The highest BCUT2D eigenvalue weighted by atomic mass is 35.5. The number of aromatic amines is 1. The smallest absolute Gasteiger partial charge is 0.271 e. The second kappa shape index (κ2) is 8.36. The molecule has 1 aliphatic carbocycles. The molecule has 0 bridgehead atoms. The second-order valence-electron chi connectivity index (χ2n) is 6.54. The molecule has 0 saturated heterocycles. The van der Waals surface area contributed by atoms with Crippen LogP contribution in [0.2, 0.25) is 0 Å². The van der Waals surface area contributed by atoms with Crippen LogP contribution in [0, 0.1) is 12.8 Å². The number of rotatable bonds is 4. The predicted octanol–water partition coefficient (Wildman–Crippen LogP) is 2.14. The summed E-state index contributed by atoms with van der Waals surface area (Å²) in [6.07, 6.45) is 4.25. The van der Waals surface area contributed by atoms with Gasteiger partial charge in [0.15, 0.2) is 0 Å². The molecule has 1 saturated carbocycles. The fourth-order valence-corrected chi connectivity index (χ4v) is 3.32. The Hall–Kier alpha value is -2.05. The molecule has 0 spiro atoms. The molecule has 1 aromatic carbocycles. The molecule has 25 heavy (non-hydrogen) atoms. The minimum Gasteiger partial charge on any atom is -0.348 e. The number of nitrogens with one attached hydrogen (secondary N) is 2. The lowest BCUT2D eigenvalue weighted by Gasteiger charge is -2.31. The van der Waals surface area contributed by atoms with Crippen LogP contribution in [0.3, 0.4) is 0 Å². The third-order valence-corrected chi connectivity index (χ3v) is 4.79. The first kappa shape index (κ1) is 19.3. The molecule has 7 heteroatoms. The van der Waals surface area contributed by atoms with Crippen LogP contribution >= 0.6 is 12.4 Å². The van der Waals surface area contributed by atoms with Crippen LogP contribution in [0.15, 0.2) is 35.1 Å². The van der Waals surface area contributed by atoms with Crippen molar-refractivity contribution in [3.8, 4) is 5.69 Å². The molecular weight excluding hydrogens is 340 g/mol. The molecule has 0 aliphatic heterocycles. The molecule has 2 aromatic rings. The number of carbonyl (C=O) groups excluding carboxylic acids is 1. The van der Waals surface area contributed by atoms with Gasteiger partial charge in [-0.25, -0.2) is 4.68 Å². The van der Waals surface area contributed by atoms with Gasteiger partial charge in [-0.05, 0) is 44.4 Å². The van der Waals surface area contributed by atoms with E-state index in [4.69, 9.17) is 5.73 Å². The number of halogens is 1. The standard InChI is InChI=1S/C18H24N4O2.ClH/c1-12-6-8-14(9-7-12)22-17(23)10-16(21-22)18(24)20-15-5-3-2-4-13(15)11-19;/h6-10,13,15,21H,2-5,11,19H2,1H3,(H,20,24);1H. The number of hydrogen-bond donors (Lipinski definition) is 3. The minimum atomic E-state index is -0.247. The third kappa shape index (κ3) is 4.32. The number of amides is 1. The zero-order chi connectivity index (χ0) is 17.1. The molecule has 1 aliphatic rings. The molecule has 2 atom stereocenters. The largest absolute Gasteiger partial charge is 0.348 e. The number of aromatic nitrogens is 2. The molecule has 136 valence electrons. The maximum atomic E-state index is 12.5. The zero-order valence-electron chi connectivity index (χ0n) is 14.3. The van der Waals surface area contributed by atoms with Gasteiger partial charge in [0.25, 0.3) is 11.5 Å². The summed E-state index contributed by atoms with van der Waals surface area (Å²) in [5.41, 5.74) is 7.67. The Morgan fingerprint density at radius 3 is 2.64 bits per heavy atom. The van der Waals surface area contributed by atoms with Gasteiger partial charge in [0.05, 0.1) is 5.69 Å². The predicted molar refractivity (Wildman–Crippen MR) is 101 cm³/mol. The van der Waals surface area contributed by atoms with E-state index in [9.17, 15) is 9.59 Å². The zero-order valence-corrected chi connectivity index (χ0v) is 15.1. The molecule has 1 fully saturated rings. The average molecular weight is 365 g/mol. The number of benzene rings is 1. The van der Waals surface area contributed by atoms with Gasteiger partial charge in [-0.3, -0.25) is 14.7 Å². The van der Waals surface area contributed by atoms with E-state index in [1.165, 1.54) is 10.7 Å². The number of carbonyl (C=O) groups is 1. The van der Waals surface area contributed by atoms with E-state index in [0.29, 0.717) is 18.2 Å². The number of aryl methyl sites for hydroxylation is 1. The van der Waals surface area contributed by atoms with Gasteiger partial charge in [-0.15, -0.1) is 12.4 Å². The van der Waals surface area contributed by atoms with E-state index in [0.717, 1.165) is 31.2 Å². The van der Waals surface area contributed by atoms with E-state index in [1.54, 1.807) is 0 Å². The van der Waals surface area contributed by atoms with Crippen molar-refractivity contribution in [2.24, 2.45) is 11.7 Å². The number of nitrogens with two attached hydrogens (primary N) is 1. The van der Waals surface area contributed by atoms with Crippen LogP contribution in [-0.2, 0) is 0 Å². The highest BCUT2D eigenvalue weighted by Gasteiger charge is 2.26. The Morgan fingerprint density at radius 2 is 1.96 bits per heavy atom. The molecule has 1 aromatic heterocycles. The Labute approximate surface area is 153 Å². The lowest BCUT2D eigenvalue weighted by Crippen LogP contribution is -2.44. The second-order valence-corrected chi connectivity index (χ2v) is 6.54. The van der Waals surface area contributed by atoms with Gasteiger partial charge in [0.1, 0.15) is 5.69 Å². The lowest BCUT2D eigenvalue weighted by atomic mass is 9.84. The Bertz CT molecular complexity index is 766. The summed E-state index contributed by atoms with van der Waals surface area (Å²) in [7, 11) is 0. The summed E-state index contributed by atoms with van der Waals surface area (Å²) < 4.78 is 1.38. The highest BCUT2D eigenvalue weighted by molar-refractivity contribution is 5.92. The van der Waals surface area contributed by atoms with Crippen molar-refractivity contribution in [2.45, 2.75) is 38.6 Å².